The molecule has 0 saturated carbocycles. The van der Waals surface area contributed by atoms with Crippen LogP contribution in [0.1, 0.15) is 24.0 Å². The lowest BCUT2D eigenvalue weighted by Crippen LogP contribution is -2.48. The highest BCUT2D eigenvalue weighted by molar-refractivity contribution is 6.31. The molecule has 1 saturated heterocycles. The highest BCUT2D eigenvalue weighted by atomic mass is 35.5. The predicted octanol–water partition coefficient (Wildman–Crippen LogP) is 4.31. The highest BCUT2D eigenvalue weighted by Crippen LogP contribution is 2.20. The van der Waals surface area contributed by atoms with Gasteiger partial charge in [0.2, 0.25) is 5.91 Å². The third-order valence-electron chi connectivity index (χ3n) is 7.01. The van der Waals surface area contributed by atoms with Crippen molar-refractivity contribution in [1.82, 2.24) is 25.4 Å². The number of likely N-dealkylation sites (N-methyl/N-ethyl adjacent to an activating group) is 1. The Morgan fingerprint density at radius 1 is 1.17 bits per heavy atom. The van der Waals surface area contributed by atoms with Crippen LogP contribution in [0.25, 0.3) is 10.8 Å². The smallest absolute Gasteiger partial charge is 0.412 e. The topological polar surface area (TPSA) is 116 Å². The van der Waals surface area contributed by atoms with Gasteiger partial charge in [0, 0.05) is 57.8 Å². The number of rotatable bonds is 9. The maximum Gasteiger partial charge on any atom is 0.412 e. The van der Waals surface area contributed by atoms with Gasteiger partial charge in [-0.1, -0.05) is 47.5 Å². The number of halogens is 2. The minimum Gasteiger partial charge on any atom is -0.447 e. The summed E-state index contributed by atoms with van der Waals surface area (Å²) < 4.78 is 19.3. The Morgan fingerprint density at radius 3 is 2.73 bits per heavy atom. The lowest BCUT2D eigenvalue weighted by Gasteiger charge is -2.30. The Balaban J connectivity index is 1.38. The fourth-order valence-electron chi connectivity index (χ4n) is 4.54. The number of piperazine rings is 1. The first-order valence-corrected chi connectivity index (χ1v) is 13.8. The number of fused-ring (bicyclic) bond motifs is 1. The van der Waals surface area contributed by atoms with Crippen LogP contribution < -0.4 is 16.0 Å². The number of benzene rings is 2. The number of amides is 4. The number of anilines is 1. The van der Waals surface area contributed by atoms with Crippen LogP contribution in [0.5, 0.6) is 0 Å². The predicted molar refractivity (Wildman–Crippen MR) is 155 cm³/mol. The van der Waals surface area contributed by atoms with Gasteiger partial charge < -0.3 is 25.2 Å². The number of nitrogens with zero attached hydrogens (tertiary/aromatic N) is 3. The molecule has 0 radical (unpaired) electrons. The average Bonchev–Trinajstić information content (AvgIpc) is 2.97. The number of ether oxygens (including phenoxy) is 1. The standard InChI is InChI=1S/C29H34ClFN6O4/c1-19-6-7-20-16-33-25(15-22(20)14-19)35-29(40)41-18-23(8-9-26(38)37-12-10-32-11-13-37)36(2)28(39)34-17-21-4-3-5-24(31)27(21)30/h3-7,14-16,23,32H,8-13,17-18H2,1-2H3,(H,34,39)(H,33,35,40)/t23-/m0/s1. The normalized spacial score (nSPS) is 13.9. The Hall–Kier alpha value is -3.96. The van der Waals surface area contributed by atoms with Gasteiger partial charge in [-0.2, -0.15) is 0 Å². The third kappa shape index (κ3) is 8.27. The van der Waals surface area contributed by atoms with E-state index in [9.17, 15) is 18.8 Å². The van der Waals surface area contributed by atoms with Crippen molar-refractivity contribution in [3.63, 3.8) is 0 Å². The monoisotopic (exact) mass is 584 g/mol. The lowest BCUT2D eigenvalue weighted by atomic mass is 10.1. The second-order valence-corrected chi connectivity index (χ2v) is 10.3. The summed E-state index contributed by atoms with van der Waals surface area (Å²) in [4.78, 5) is 45.9. The van der Waals surface area contributed by atoms with Crippen molar-refractivity contribution in [2.24, 2.45) is 0 Å². The van der Waals surface area contributed by atoms with E-state index >= 15 is 0 Å². The Bertz CT molecular complexity index is 1400. The van der Waals surface area contributed by atoms with Gasteiger partial charge in [-0.15, -0.1) is 0 Å². The number of pyridine rings is 1. The molecule has 2 heterocycles. The second-order valence-electron chi connectivity index (χ2n) is 9.95. The van der Waals surface area contributed by atoms with Crippen molar-refractivity contribution >= 4 is 46.2 Å². The van der Waals surface area contributed by atoms with E-state index in [1.165, 1.54) is 17.0 Å². The van der Waals surface area contributed by atoms with E-state index in [1.807, 2.05) is 25.1 Å². The Morgan fingerprint density at radius 2 is 1.95 bits per heavy atom. The van der Waals surface area contributed by atoms with Crippen LogP contribution in [0.4, 0.5) is 19.8 Å². The molecule has 4 rings (SSSR count). The van der Waals surface area contributed by atoms with E-state index in [-0.39, 0.29) is 36.9 Å². The molecule has 0 bridgehead atoms. The van der Waals surface area contributed by atoms with E-state index in [0.717, 1.165) is 29.4 Å². The number of aryl methyl sites for hydroxylation is 1. The first kappa shape index (κ1) is 30.0. The highest BCUT2D eigenvalue weighted by Gasteiger charge is 2.25. The molecule has 0 spiro atoms. The largest absolute Gasteiger partial charge is 0.447 e. The summed E-state index contributed by atoms with van der Waals surface area (Å²) in [6, 6.07) is 11.0. The molecule has 1 atom stereocenters. The molecule has 3 aromatic rings. The number of aromatic nitrogens is 1. The van der Waals surface area contributed by atoms with E-state index in [2.05, 4.69) is 20.9 Å². The quantitative estimate of drug-likeness (QED) is 0.345. The van der Waals surface area contributed by atoms with Gasteiger partial charge >= 0.3 is 12.1 Å². The van der Waals surface area contributed by atoms with Gasteiger partial charge in [-0.25, -0.2) is 19.0 Å². The SMILES string of the molecule is Cc1ccc2cnc(NC(=O)OC[C@H](CCC(=O)N3CCNCC3)N(C)C(=O)NCc3cccc(F)c3Cl)cc2c1. The van der Waals surface area contributed by atoms with Crippen LogP contribution >= 0.6 is 11.6 Å². The maximum atomic E-state index is 13.8. The Kier molecular flexibility index (Phi) is 10.3. The van der Waals surface area contributed by atoms with Crippen LogP contribution in [-0.4, -0.2) is 78.7 Å². The zero-order valence-corrected chi connectivity index (χ0v) is 23.8. The van der Waals surface area contributed by atoms with Crippen molar-refractivity contribution in [1.29, 1.82) is 0 Å². The molecule has 0 unspecified atom stereocenters. The van der Waals surface area contributed by atoms with Crippen LogP contribution in [0.3, 0.4) is 0 Å². The summed E-state index contributed by atoms with van der Waals surface area (Å²) in [5.41, 5.74) is 1.50. The van der Waals surface area contributed by atoms with Gasteiger partial charge in [-0.05, 0) is 36.4 Å². The summed E-state index contributed by atoms with van der Waals surface area (Å²) >= 11 is 6.01. The van der Waals surface area contributed by atoms with Gasteiger partial charge in [-0.3, -0.25) is 10.1 Å². The molecular formula is C29H34ClFN6O4. The molecule has 1 fully saturated rings. The third-order valence-corrected chi connectivity index (χ3v) is 7.43. The molecule has 3 N–H and O–H groups in total. The van der Waals surface area contributed by atoms with Crippen LogP contribution in [0.2, 0.25) is 5.02 Å². The van der Waals surface area contributed by atoms with Crippen LogP contribution in [0, 0.1) is 12.7 Å². The number of urea groups is 1. The fourth-order valence-corrected chi connectivity index (χ4v) is 4.73. The zero-order valence-electron chi connectivity index (χ0n) is 23.1. The summed E-state index contributed by atoms with van der Waals surface area (Å²) in [5.74, 6) is -0.278. The van der Waals surface area contributed by atoms with Crippen LogP contribution in [0.15, 0.2) is 48.7 Å². The summed E-state index contributed by atoms with van der Waals surface area (Å²) in [6.45, 7) is 4.51. The van der Waals surface area contributed by atoms with Crippen molar-refractivity contribution in [3.05, 3.63) is 70.6 Å². The fraction of sp³-hybridized carbons (Fsp3) is 0.379. The van der Waals surface area contributed by atoms with Gasteiger partial charge in [0.1, 0.15) is 18.2 Å². The molecule has 0 aliphatic carbocycles. The average molecular weight is 585 g/mol. The summed E-state index contributed by atoms with van der Waals surface area (Å²) in [6.07, 6.45) is 1.38. The summed E-state index contributed by atoms with van der Waals surface area (Å²) in [7, 11) is 1.55. The van der Waals surface area contributed by atoms with E-state index in [4.69, 9.17) is 16.3 Å². The molecule has 4 amide bonds. The molecular weight excluding hydrogens is 551 g/mol. The van der Waals surface area contributed by atoms with E-state index < -0.39 is 24.0 Å². The van der Waals surface area contributed by atoms with Crippen molar-refractivity contribution in [2.75, 3.05) is 45.2 Å². The van der Waals surface area contributed by atoms with Crippen molar-refractivity contribution < 1.29 is 23.5 Å². The molecule has 10 nitrogen and oxygen atoms in total. The summed E-state index contributed by atoms with van der Waals surface area (Å²) in [5, 5.41) is 10.4. The minimum absolute atomic E-state index is 0.000640. The van der Waals surface area contributed by atoms with Crippen molar-refractivity contribution in [2.45, 2.75) is 32.4 Å². The van der Waals surface area contributed by atoms with Gasteiger partial charge in [0.25, 0.3) is 0 Å². The first-order chi connectivity index (χ1) is 19.7. The second kappa shape index (κ2) is 14.1. The molecule has 2 aromatic carbocycles. The molecule has 1 aliphatic heterocycles. The molecule has 1 aliphatic rings. The van der Waals surface area contributed by atoms with Gasteiger partial charge in [0.15, 0.2) is 0 Å². The van der Waals surface area contributed by atoms with Crippen molar-refractivity contribution in [3.8, 4) is 0 Å². The molecule has 41 heavy (non-hydrogen) atoms. The zero-order chi connectivity index (χ0) is 29.4. The van der Waals surface area contributed by atoms with E-state index in [1.54, 1.807) is 30.3 Å². The number of nitrogens with one attached hydrogen (secondary N) is 3. The number of carbonyl (C=O) groups is 3. The molecule has 218 valence electrons. The lowest BCUT2D eigenvalue weighted by molar-refractivity contribution is -0.132. The molecule has 12 heteroatoms. The molecule has 1 aromatic heterocycles. The Labute approximate surface area is 243 Å². The number of hydrogen-bond donors (Lipinski definition) is 3. The maximum absolute atomic E-state index is 13.8. The number of carbonyl (C=O) groups excluding carboxylic acids is 3. The number of hydrogen-bond acceptors (Lipinski definition) is 6. The first-order valence-electron chi connectivity index (χ1n) is 13.4. The minimum atomic E-state index is -0.733. The van der Waals surface area contributed by atoms with Gasteiger partial charge in [0.05, 0.1) is 11.1 Å². The van der Waals surface area contributed by atoms with E-state index in [0.29, 0.717) is 24.5 Å². The van der Waals surface area contributed by atoms with Crippen LogP contribution in [-0.2, 0) is 16.1 Å².